The first-order valence-corrected chi connectivity index (χ1v) is 8.79. The van der Waals surface area contributed by atoms with Crippen LogP contribution in [0, 0.1) is 5.92 Å². The lowest BCUT2D eigenvalue weighted by molar-refractivity contribution is -0.130. The molecule has 2 amide bonds. The van der Waals surface area contributed by atoms with E-state index in [-0.39, 0.29) is 17.7 Å². The Morgan fingerprint density at radius 1 is 1.50 bits per heavy atom. The van der Waals surface area contributed by atoms with Crippen molar-refractivity contribution in [2.45, 2.75) is 12.8 Å². The number of halogens is 1. The number of hydrogen-bond donors (Lipinski definition) is 2. The van der Waals surface area contributed by atoms with E-state index in [1.807, 2.05) is 12.1 Å². The van der Waals surface area contributed by atoms with Gasteiger partial charge in [-0.3, -0.25) is 14.7 Å². The Morgan fingerprint density at radius 2 is 2.33 bits per heavy atom. The van der Waals surface area contributed by atoms with E-state index in [1.54, 1.807) is 11.0 Å². The number of anilines is 1. The Labute approximate surface area is 148 Å². The molecule has 0 bridgehead atoms. The molecule has 2 aromatic rings. The maximum atomic E-state index is 12.4. The number of nitrogens with one attached hydrogen (secondary N) is 2. The summed E-state index contributed by atoms with van der Waals surface area (Å²) in [6.07, 6.45) is 2.84. The van der Waals surface area contributed by atoms with Crippen LogP contribution in [0.15, 0.2) is 30.9 Å². The predicted octanol–water partition coefficient (Wildman–Crippen LogP) is 3.15. The molecule has 3 rings (SSSR count). The van der Waals surface area contributed by atoms with Gasteiger partial charge in [-0.05, 0) is 31.1 Å². The minimum atomic E-state index is -0.237. The fourth-order valence-corrected chi connectivity index (χ4v) is 3.73. The maximum absolute atomic E-state index is 12.4. The number of thiophene rings is 1. The molecule has 2 aromatic heterocycles. The summed E-state index contributed by atoms with van der Waals surface area (Å²) in [5.74, 6) is -0.0337. The van der Waals surface area contributed by atoms with E-state index < -0.39 is 0 Å². The van der Waals surface area contributed by atoms with Crippen molar-refractivity contribution in [3.8, 4) is 10.6 Å². The van der Waals surface area contributed by atoms with Crippen molar-refractivity contribution in [1.82, 2.24) is 15.1 Å². The molecule has 1 aliphatic heterocycles. The van der Waals surface area contributed by atoms with Crippen LogP contribution in [0.4, 0.5) is 5.82 Å². The molecule has 0 spiro atoms. The number of piperidine rings is 1. The lowest BCUT2D eigenvalue weighted by atomic mass is 9.97. The quantitative estimate of drug-likeness (QED) is 0.818. The van der Waals surface area contributed by atoms with Crippen molar-refractivity contribution in [3.05, 3.63) is 35.2 Å². The molecule has 1 aliphatic rings. The van der Waals surface area contributed by atoms with Crippen LogP contribution in [-0.2, 0) is 9.59 Å². The topological polar surface area (TPSA) is 78.1 Å². The van der Waals surface area contributed by atoms with Gasteiger partial charge in [-0.2, -0.15) is 5.10 Å². The van der Waals surface area contributed by atoms with Crippen molar-refractivity contribution in [1.29, 1.82) is 0 Å². The first kappa shape index (κ1) is 16.7. The number of carbonyl (C=O) groups excluding carboxylic acids is 2. The van der Waals surface area contributed by atoms with Crippen molar-refractivity contribution >= 4 is 40.6 Å². The summed E-state index contributed by atoms with van der Waals surface area (Å²) < 4.78 is 0.694. The molecule has 2 N–H and O–H groups in total. The summed E-state index contributed by atoms with van der Waals surface area (Å²) in [5.41, 5.74) is 0.800. The van der Waals surface area contributed by atoms with Crippen molar-refractivity contribution in [3.63, 3.8) is 0 Å². The van der Waals surface area contributed by atoms with Crippen LogP contribution in [-0.4, -0.2) is 40.0 Å². The standard InChI is InChI=1S/C16H17ClN4O2S/c1-2-15(22)21-7-3-4-10(9-21)16(23)18-14-8-11(19-20-14)12-5-6-13(17)24-12/h2,5-6,8,10H,1,3-4,7,9H2,(H2,18,19,20,23). The molecule has 6 nitrogen and oxygen atoms in total. The van der Waals surface area contributed by atoms with Crippen LogP contribution in [0.2, 0.25) is 4.34 Å². The number of aromatic nitrogens is 2. The predicted molar refractivity (Wildman–Crippen MR) is 95.0 cm³/mol. The maximum Gasteiger partial charge on any atom is 0.245 e. The SMILES string of the molecule is C=CC(=O)N1CCCC(C(=O)Nc2cc(-c3ccc(Cl)s3)[nH]n2)C1. The number of carbonyl (C=O) groups is 2. The number of hydrogen-bond acceptors (Lipinski definition) is 4. The van der Waals surface area contributed by atoms with Gasteiger partial charge in [0.15, 0.2) is 5.82 Å². The summed E-state index contributed by atoms with van der Waals surface area (Å²) in [6, 6.07) is 5.48. The first-order valence-electron chi connectivity index (χ1n) is 7.60. The van der Waals surface area contributed by atoms with Crippen LogP contribution >= 0.6 is 22.9 Å². The Kier molecular flexibility index (Phi) is 5.01. The van der Waals surface area contributed by atoms with E-state index in [0.717, 1.165) is 23.4 Å². The molecule has 1 unspecified atom stereocenters. The second-order valence-corrected chi connectivity index (χ2v) is 7.30. The van der Waals surface area contributed by atoms with E-state index in [0.29, 0.717) is 23.2 Å². The highest BCUT2D eigenvalue weighted by atomic mass is 35.5. The van der Waals surface area contributed by atoms with Gasteiger partial charge in [0.2, 0.25) is 11.8 Å². The third-order valence-corrected chi connectivity index (χ3v) is 5.21. The number of H-pyrrole nitrogens is 1. The first-order chi connectivity index (χ1) is 11.6. The van der Waals surface area contributed by atoms with Gasteiger partial charge in [-0.25, -0.2) is 0 Å². The normalized spacial score (nSPS) is 17.5. The number of nitrogens with zero attached hydrogens (tertiary/aromatic N) is 2. The molecular weight excluding hydrogens is 348 g/mol. The van der Waals surface area contributed by atoms with Crippen molar-refractivity contribution in [2.75, 3.05) is 18.4 Å². The highest BCUT2D eigenvalue weighted by Crippen LogP contribution is 2.30. The molecule has 0 aliphatic carbocycles. The largest absolute Gasteiger partial charge is 0.338 e. The minimum Gasteiger partial charge on any atom is -0.338 e. The smallest absolute Gasteiger partial charge is 0.245 e. The zero-order chi connectivity index (χ0) is 17.1. The monoisotopic (exact) mass is 364 g/mol. The molecule has 1 saturated heterocycles. The number of aromatic amines is 1. The molecule has 1 fully saturated rings. The van der Waals surface area contributed by atoms with Gasteiger partial charge in [0, 0.05) is 19.2 Å². The Hall–Kier alpha value is -2.12. The average Bonchev–Trinajstić information content (AvgIpc) is 3.23. The Balaban J connectivity index is 1.63. The lowest BCUT2D eigenvalue weighted by Gasteiger charge is -2.31. The second kappa shape index (κ2) is 7.19. The van der Waals surface area contributed by atoms with Gasteiger partial charge in [-0.15, -0.1) is 11.3 Å². The van der Waals surface area contributed by atoms with Gasteiger partial charge in [0.1, 0.15) is 0 Å². The Morgan fingerprint density at radius 3 is 3.04 bits per heavy atom. The Bertz CT molecular complexity index is 770. The highest BCUT2D eigenvalue weighted by molar-refractivity contribution is 7.19. The third-order valence-electron chi connectivity index (χ3n) is 3.95. The molecule has 0 radical (unpaired) electrons. The number of amides is 2. The van der Waals surface area contributed by atoms with E-state index in [4.69, 9.17) is 11.6 Å². The van der Waals surface area contributed by atoms with Gasteiger partial charge in [0.05, 0.1) is 20.8 Å². The van der Waals surface area contributed by atoms with E-state index in [9.17, 15) is 9.59 Å². The fraction of sp³-hybridized carbons (Fsp3) is 0.312. The van der Waals surface area contributed by atoms with Gasteiger partial charge < -0.3 is 10.2 Å². The molecule has 0 aromatic carbocycles. The summed E-state index contributed by atoms with van der Waals surface area (Å²) in [6.45, 7) is 4.57. The van der Waals surface area contributed by atoms with Gasteiger partial charge >= 0.3 is 0 Å². The summed E-state index contributed by atoms with van der Waals surface area (Å²) >= 11 is 7.36. The second-order valence-electron chi connectivity index (χ2n) is 5.59. The highest BCUT2D eigenvalue weighted by Gasteiger charge is 2.27. The molecule has 24 heavy (non-hydrogen) atoms. The van der Waals surface area contributed by atoms with Crippen molar-refractivity contribution < 1.29 is 9.59 Å². The third kappa shape index (κ3) is 3.68. The number of likely N-dealkylation sites (tertiary alicyclic amines) is 1. The lowest BCUT2D eigenvalue weighted by Crippen LogP contribution is -2.43. The van der Waals surface area contributed by atoms with Gasteiger partial charge in [0.25, 0.3) is 0 Å². The summed E-state index contributed by atoms with van der Waals surface area (Å²) in [7, 11) is 0. The molecule has 1 atom stereocenters. The van der Waals surface area contributed by atoms with Crippen LogP contribution in [0.1, 0.15) is 12.8 Å². The number of rotatable bonds is 4. The van der Waals surface area contributed by atoms with E-state index >= 15 is 0 Å². The van der Waals surface area contributed by atoms with E-state index in [2.05, 4.69) is 22.1 Å². The van der Waals surface area contributed by atoms with Crippen LogP contribution < -0.4 is 5.32 Å². The fourth-order valence-electron chi connectivity index (χ4n) is 2.72. The minimum absolute atomic E-state index is 0.126. The van der Waals surface area contributed by atoms with Crippen LogP contribution in [0.3, 0.4) is 0 Å². The average molecular weight is 365 g/mol. The molecule has 3 heterocycles. The van der Waals surface area contributed by atoms with Gasteiger partial charge in [-0.1, -0.05) is 18.2 Å². The summed E-state index contributed by atoms with van der Waals surface area (Å²) in [4.78, 5) is 26.7. The molecular formula is C16H17ClN4O2S. The molecule has 8 heteroatoms. The molecule has 126 valence electrons. The van der Waals surface area contributed by atoms with Crippen LogP contribution in [0.25, 0.3) is 10.6 Å². The zero-order valence-electron chi connectivity index (χ0n) is 12.9. The zero-order valence-corrected chi connectivity index (χ0v) is 14.5. The summed E-state index contributed by atoms with van der Waals surface area (Å²) in [5, 5.41) is 9.82. The van der Waals surface area contributed by atoms with Crippen molar-refractivity contribution in [2.24, 2.45) is 5.92 Å². The van der Waals surface area contributed by atoms with E-state index in [1.165, 1.54) is 17.4 Å². The molecule has 0 saturated carbocycles. The van der Waals surface area contributed by atoms with Crippen LogP contribution in [0.5, 0.6) is 0 Å².